The Hall–Kier alpha value is -1.35. The second kappa shape index (κ2) is 4.73. The van der Waals surface area contributed by atoms with Crippen LogP contribution in [0.1, 0.15) is 50.5 Å². The van der Waals surface area contributed by atoms with Crippen molar-refractivity contribution in [2.45, 2.75) is 46.1 Å². The van der Waals surface area contributed by atoms with E-state index in [2.05, 4.69) is 0 Å². The van der Waals surface area contributed by atoms with E-state index < -0.39 is 12.0 Å². The fraction of sp³-hybridized carbons (Fsp3) is 0.533. The normalized spacial score (nSPS) is 14.3. The van der Waals surface area contributed by atoms with Gasteiger partial charge in [-0.15, -0.1) is 0 Å². The summed E-state index contributed by atoms with van der Waals surface area (Å²) in [5, 5.41) is 10.5. The van der Waals surface area contributed by atoms with E-state index in [1.54, 1.807) is 12.1 Å². The highest BCUT2D eigenvalue weighted by atomic mass is 16.3. The maximum absolute atomic E-state index is 11.0. The first kappa shape index (κ1) is 14.7. The maximum Gasteiger partial charge on any atom is 0.248 e. The van der Waals surface area contributed by atoms with Crippen LogP contribution in [0.25, 0.3) is 0 Å². The Kier molecular flexibility index (Phi) is 3.86. The molecule has 3 nitrogen and oxygen atoms in total. The van der Waals surface area contributed by atoms with Crippen molar-refractivity contribution in [1.82, 2.24) is 0 Å². The van der Waals surface area contributed by atoms with Gasteiger partial charge in [0.15, 0.2) is 0 Å². The predicted octanol–water partition coefficient (Wildman–Crippen LogP) is 2.47. The Morgan fingerprint density at radius 3 is 1.89 bits per heavy atom. The van der Waals surface area contributed by atoms with Crippen LogP contribution in [0.3, 0.4) is 0 Å². The van der Waals surface area contributed by atoms with Crippen molar-refractivity contribution in [2.75, 3.05) is 0 Å². The molecule has 1 aromatic rings. The highest BCUT2D eigenvalue weighted by Gasteiger charge is 2.37. The molecule has 0 bridgehead atoms. The van der Waals surface area contributed by atoms with Crippen LogP contribution < -0.4 is 5.73 Å². The molecule has 0 fully saturated rings. The highest BCUT2D eigenvalue weighted by Crippen LogP contribution is 2.36. The molecule has 3 N–H and O–H groups in total. The van der Waals surface area contributed by atoms with Gasteiger partial charge in [-0.1, -0.05) is 46.8 Å². The van der Waals surface area contributed by atoms with E-state index in [4.69, 9.17) is 5.73 Å². The Labute approximate surface area is 109 Å². The molecule has 0 aliphatic carbocycles. The number of primary amides is 1. The van der Waals surface area contributed by atoms with Gasteiger partial charge < -0.3 is 10.8 Å². The van der Waals surface area contributed by atoms with E-state index in [1.165, 1.54) is 0 Å². The third-order valence-electron chi connectivity index (χ3n) is 3.42. The summed E-state index contributed by atoms with van der Waals surface area (Å²) in [6.07, 6.45) is -0.482. The van der Waals surface area contributed by atoms with Crippen molar-refractivity contribution in [3.05, 3.63) is 35.4 Å². The zero-order valence-corrected chi connectivity index (χ0v) is 11.8. The molecule has 0 heterocycles. The van der Waals surface area contributed by atoms with E-state index in [0.29, 0.717) is 5.56 Å². The summed E-state index contributed by atoms with van der Waals surface area (Å²) >= 11 is 0. The van der Waals surface area contributed by atoms with E-state index in [0.717, 1.165) is 5.56 Å². The molecule has 0 saturated heterocycles. The lowest BCUT2D eigenvalue weighted by Crippen LogP contribution is -2.43. The van der Waals surface area contributed by atoms with Gasteiger partial charge >= 0.3 is 0 Å². The fourth-order valence-electron chi connectivity index (χ4n) is 2.30. The van der Waals surface area contributed by atoms with Crippen molar-refractivity contribution < 1.29 is 9.90 Å². The summed E-state index contributed by atoms with van der Waals surface area (Å²) < 4.78 is 0. The first-order chi connectivity index (χ1) is 8.06. The van der Waals surface area contributed by atoms with Crippen LogP contribution in [-0.4, -0.2) is 17.1 Å². The number of carbonyl (C=O) groups excluding carboxylic acids is 1. The minimum absolute atomic E-state index is 0.203. The van der Waals surface area contributed by atoms with Gasteiger partial charge in [-0.05, 0) is 23.1 Å². The molecule has 0 aliphatic heterocycles. The molecule has 100 valence electrons. The summed E-state index contributed by atoms with van der Waals surface area (Å²) in [6.45, 7) is 10.0. The lowest BCUT2D eigenvalue weighted by atomic mass is 9.69. The highest BCUT2D eigenvalue weighted by molar-refractivity contribution is 5.92. The number of aliphatic hydroxyl groups is 1. The van der Waals surface area contributed by atoms with Crippen LogP contribution >= 0.6 is 0 Å². The second-order valence-electron chi connectivity index (χ2n) is 6.43. The Bertz CT molecular complexity index is 427. The number of aliphatic hydroxyl groups excluding tert-OH is 1. The Morgan fingerprint density at radius 1 is 1.11 bits per heavy atom. The van der Waals surface area contributed by atoms with Crippen LogP contribution in [0.4, 0.5) is 0 Å². The van der Waals surface area contributed by atoms with Crippen molar-refractivity contribution in [2.24, 2.45) is 11.1 Å². The van der Waals surface area contributed by atoms with Gasteiger partial charge in [-0.25, -0.2) is 0 Å². The Morgan fingerprint density at radius 2 is 1.56 bits per heavy atom. The predicted molar refractivity (Wildman–Crippen MR) is 73.4 cm³/mol. The first-order valence-electron chi connectivity index (χ1n) is 6.15. The summed E-state index contributed by atoms with van der Waals surface area (Å²) in [7, 11) is 0. The standard InChI is InChI=1S/C15H23NO2/c1-14(2,3)13(18)15(4,5)11-8-6-10(7-9-11)12(16)17/h6-9,13,18H,1-5H3,(H2,16,17). The minimum Gasteiger partial charge on any atom is -0.392 e. The van der Waals surface area contributed by atoms with Crippen LogP contribution in [-0.2, 0) is 5.41 Å². The molecule has 1 atom stereocenters. The van der Waals surface area contributed by atoms with Crippen LogP contribution in [0, 0.1) is 5.41 Å². The SMILES string of the molecule is CC(C)(C)C(O)C(C)(C)c1ccc(C(N)=O)cc1. The number of hydrogen-bond donors (Lipinski definition) is 2. The van der Waals surface area contributed by atoms with Crippen molar-refractivity contribution >= 4 is 5.91 Å². The second-order valence-corrected chi connectivity index (χ2v) is 6.43. The molecule has 0 spiro atoms. The first-order valence-corrected chi connectivity index (χ1v) is 6.15. The average Bonchev–Trinajstić information content (AvgIpc) is 2.27. The number of benzene rings is 1. The molecule has 0 saturated carbocycles. The smallest absolute Gasteiger partial charge is 0.248 e. The van der Waals surface area contributed by atoms with Crippen molar-refractivity contribution in [3.8, 4) is 0 Å². The third kappa shape index (κ3) is 2.91. The average molecular weight is 249 g/mol. The molecule has 3 heteroatoms. The van der Waals surface area contributed by atoms with E-state index in [-0.39, 0.29) is 10.8 Å². The molecule has 1 rings (SSSR count). The minimum atomic E-state index is -0.482. The zero-order chi connectivity index (χ0) is 14.1. The number of hydrogen-bond acceptors (Lipinski definition) is 2. The summed E-state index contributed by atoms with van der Waals surface area (Å²) in [5.41, 5.74) is 6.11. The quantitative estimate of drug-likeness (QED) is 0.864. The monoisotopic (exact) mass is 249 g/mol. The largest absolute Gasteiger partial charge is 0.392 e. The number of rotatable bonds is 3. The number of carbonyl (C=O) groups is 1. The van der Waals surface area contributed by atoms with Gasteiger partial charge in [0.1, 0.15) is 0 Å². The Balaban J connectivity index is 3.09. The fourth-order valence-corrected chi connectivity index (χ4v) is 2.30. The molecule has 0 aromatic heterocycles. The van der Waals surface area contributed by atoms with E-state index in [9.17, 15) is 9.90 Å². The number of nitrogens with two attached hydrogens (primary N) is 1. The van der Waals surface area contributed by atoms with Crippen molar-refractivity contribution in [1.29, 1.82) is 0 Å². The lowest BCUT2D eigenvalue weighted by molar-refractivity contribution is 0.00544. The molecule has 1 aromatic carbocycles. The third-order valence-corrected chi connectivity index (χ3v) is 3.42. The van der Waals surface area contributed by atoms with Crippen LogP contribution in [0.15, 0.2) is 24.3 Å². The van der Waals surface area contributed by atoms with Gasteiger partial charge in [0, 0.05) is 11.0 Å². The topological polar surface area (TPSA) is 63.3 Å². The lowest BCUT2D eigenvalue weighted by Gasteiger charge is -2.39. The van der Waals surface area contributed by atoms with Gasteiger partial charge in [0.05, 0.1) is 6.10 Å². The van der Waals surface area contributed by atoms with Gasteiger partial charge in [0.25, 0.3) is 0 Å². The van der Waals surface area contributed by atoms with Gasteiger partial charge in [0.2, 0.25) is 5.91 Å². The van der Waals surface area contributed by atoms with Gasteiger partial charge in [-0.3, -0.25) is 4.79 Å². The van der Waals surface area contributed by atoms with E-state index in [1.807, 2.05) is 46.8 Å². The molecule has 0 aliphatic rings. The molecule has 18 heavy (non-hydrogen) atoms. The number of amides is 1. The maximum atomic E-state index is 11.0. The van der Waals surface area contributed by atoms with Gasteiger partial charge in [-0.2, -0.15) is 0 Å². The van der Waals surface area contributed by atoms with E-state index >= 15 is 0 Å². The van der Waals surface area contributed by atoms with Crippen LogP contribution in [0.2, 0.25) is 0 Å². The molecule has 1 amide bonds. The molecule has 0 radical (unpaired) electrons. The summed E-state index contributed by atoms with van der Waals surface area (Å²) in [4.78, 5) is 11.0. The molecule has 1 unspecified atom stereocenters. The molecular weight excluding hydrogens is 226 g/mol. The zero-order valence-electron chi connectivity index (χ0n) is 11.8. The van der Waals surface area contributed by atoms with Crippen molar-refractivity contribution in [3.63, 3.8) is 0 Å². The summed E-state index contributed by atoms with van der Waals surface area (Å²) in [5.74, 6) is -0.435. The summed E-state index contributed by atoms with van der Waals surface area (Å²) in [6, 6.07) is 7.12. The molecular formula is C15H23NO2. The van der Waals surface area contributed by atoms with Crippen LogP contribution in [0.5, 0.6) is 0 Å².